The van der Waals surface area contributed by atoms with Crippen LogP contribution in [0.3, 0.4) is 0 Å². The molecular weight excluding hydrogens is 276 g/mol. The van der Waals surface area contributed by atoms with E-state index in [9.17, 15) is 8.42 Å². The van der Waals surface area contributed by atoms with Crippen LogP contribution >= 0.6 is 11.6 Å². The number of rotatable bonds is 3. The van der Waals surface area contributed by atoms with E-state index in [2.05, 4.69) is 9.71 Å². The highest BCUT2D eigenvalue weighted by Crippen LogP contribution is 2.18. The molecule has 7 heteroatoms. The Hall–Kier alpha value is -1.79. The van der Waals surface area contributed by atoms with Crippen molar-refractivity contribution in [1.82, 2.24) is 4.98 Å². The summed E-state index contributed by atoms with van der Waals surface area (Å²) in [7, 11) is -3.70. The molecule has 0 aliphatic rings. The minimum Gasteiger partial charge on any atom is -0.508 e. The summed E-state index contributed by atoms with van der Waals surface area (Å²) >= 11 is 5.59. The molecule has 2 aromatic rings. The number of nitrogens with one attached hydrogen (secondary N) is 1. The summed E-state index contributed by atoms with van der Waals surface area (Å²) in [5.74, 6) is 0.0612. The normalized spacial score (nSPS) is 11.2. The van der Waals surface area contributed by atoms with Gasteiger partial charge in [0.2, 0.25) is 0 Å². The SMILES string of the molecule is O=S(=O)(Nc1ccc(O)cc1)c1ccc(Cl)nc1. The molecule has 0 saturated carbocycles. The Kier molecular flexibility index (Phi) is 3.40. The maximum atomic E-state index is 11.9. The van der Waals surface area contributed by atoms with Crippen LogP contribution in [0.15, 0.2) is 47.5 Å². The van der Waals surface area contributed by atoms with Gasteiger partial charge in [-0.05, 0) is 36.4 Å². The van der Waals surface area contributed by atoms with Crippen molar-refractivity contribution in [3.05, 3.63) is 47.7 Å². The first-order valence-electron chi connectivity index (χ1n) is 4.91. The molecule has 1 heterocycles. The largest absolute Gasteiger partial charge is 0.508 e. The van der Waals surface area contributed by atoms with Gasteiger partial charge in [-0.25, -0.2) is 13.4 Å². The fourth-order valence-corrected chi connectivity index (χ4v) is 2.38. The number of sulfonamides is 1. The summed E-state index contributed by atoms with van der Waals surface area (Å²) in [6, 6.07) is 8.44. The van der Waals surface area contributed by atoms with E-state index in [1.165, 1.54) is 42.6 Å². The Bertz CT molecular complexity index is 639. The number of phenolic OH excluding ortho intramolecular Hbond substituents is 1. The number of benzene rings is 1. The highest BCUT2D eigenvalue weighted by Gasteiger charge is 2.14. The van der Waals surface area contributed by atoms with E-state index >= 15 is 0 Å². The highest BCUT2D eigenvalue weighted by molar-refractivity contribution is 7.92. The van der Waals surface area contributed by atoms with Gasteiger partial charge in [-0.2, -0.15) is 0 Å². The topological polar surface area (TPSA) is 79.3 Å². The molecule has 2 N–H and O–H groups in total. The molecule has 0 aliphatic heterocycles. The highest BCUT2D eigenvalue weighted by atomic mass is 35.5. The molecule has 0 aliphatic carbocycles. The molecule has 0 bridgehead atoms. The first kappa shape index (κ1) is 12.7. The first-order chi connectivity index (χ1) is 8.47. The molecular formula is C11H9ClN2O3S. The molecule has 5 nitrogen and oxygen atoms in total. The number of hydrogen-bond acceptors (Lipinski definition) is 4. The number of pyridine rings is 1. The lowest BCUT2D eigenvalue weighted by atomic mass is 10.3. The van der Waals surface area contributed by atoms with E-state index < -0.39 is 10.0 Å². The van der Waals surface area contributed by atoms with Crippen LogP contribution in [-0.2, 0) is 10.0 Å². The Morgan fingerprint density at radius 3 is 2.33 bits per heavy atom. The van der Waals surface area contributed by atoms with Gasteiger partial charge in [0.1, 0.15) is 15.8 Å². The maximum absolute atomic E-state index is 11.9. The van der Waals surface area contributed by atoms with E-state index in [0.717, 1.165) is 0 Å². The van der Waals surface area contributed by atoms with Crippen LogP contribution in [0.2, 0.25) is 5.15 Å². The summed E-state index contributed by atoms with van der Waals surface area (Å²) in [5, 5.41) is 9.32. The van der Waals surface area contributed by atoms with E-state index in [1.54, 1.807) is 0 Å². The number of anilines is 1. The summed E-state index contributed by atoms with van der Waals surface area (Å²) in [6.45, 7) is 0. The van der Waals surface area contributed by atoms with Crippen molar-refractivity contribution in [2.45, 2.75) is 4.90 Å². The van der Waals surface area contributed by atoms with Crippen molar-refractivity contribution >= 4 is 27.3 Å². The van der Waals surface area contributed by atoms with Gasteiger partial charge in [0.25, 0.3) is 10.0 Å². The van der Waals surface area contributed by atoms with Crippen LogP contribution in [0.25, 0.3) is 0 Å². The Morgan fingerprint density at radius 1 is 1.11 bits per heavy atom. The molecule has 0 spiro atoms. The number of hydrogen-bond donors (Lipinski definition) is 2. The van der Waals surface area contributed by atoms with Gasteiger partial charge in [0.05, 0.1) is 0 Å². The Balaban J connectivity index is 2.27. The predicted octanol–water partition coefficient (Wildman–Crippen LogP) is 2.24. The molecule has 0 fully saturated rings. The second kappa shape index (κ2) is 4.83. The summed E-state index contributed by atoms with van der Waals surface area (Å²) in [6.07, 6.45) is 1.17. The molecule has 0 atom stereocenters. The van der Waals surface area contributed by atoms with E-state index in [4.69, 9.17) is 16.7 Å². The number of halogens is 1. The molecule has 2 rings (SSSR count). The van der Waals surface area contributed by atoms with Gasteiger partial charge >= 0.3 is 0 Å². The van der Waals surface area contributed by atoms with Crippen molar-refractivity contribution in [3.63, 3.8) is 0 Å². The average Bonchev–Trinajstić information content (AvgIpc) is 2.32. The van der Waals surface area contributed by atoms with Gasteiger partial charge in [-0.1, -0.05) is 11.6 Å². The van der Waals surface area contributed by atoms with Crippen molar-refractivity contribution < 1.29 is 13.5 Å². The predicted molar refractivity (Wildman–Crippen MR) is 68.2 cm³/mol. The fourth-order valence-electron chi connectivity index (χ4n) is 1.26. The first-order valence-corrected chi connectivity index (χ1v) is 6.77. The average molecular weight is 285 g/mol. The third-order valence-electron chi connectivity index (χ3n) is 2.13. The van der Waals surface area contributed by atoms with Gasteiger partial charge in [-0.3, -0.25) is 4.72 Å². The van der Waals surface area contributed by atoms with Gasteiger partial charge in [0.15, 0.2) is 0 Å². The zero-order valence-electron chi connectivity index (χ0n) is 9.04. The van der Waals surface area contributed by atoms with Gasteiger partial charge in [-0.15, -0.1) is 0 Å². The minimum atomic E-state index is -3.70. The molecule has 0 amide bonds. The molecule has 1 aromatic heterocycles. The number of phenols is 1. The Morgan fingerprint density at radius 2 is 1.78 bits per heavy atom. The van der Waals surface area contributed by atoms with Crippen LogP contribution in [0.4, 0.5) is 5.69 Å². The lowest BCUT2D eigenvalue weighted by molar-refractivity contribution is 0.475. The third kappa shape index (κ3) is 2.91. The zero-order chi connectivity index (χ0) is 13.2. The number of aromatic hydroxyl groups is 1. The van der Waals surface area contributed by atoms with Crippen molar-refractivity contribution in [2.24, 2.45) is 0 Å². The lowest BCUT2D eigenvalue weighted by Gasteiger charge is -2.07. The molecule has 1 aromatic carbocycles. The van der Waals surface area contributed by atoms with E-state index in [-0.39, 0.29) is 15.8 Å². The second-order valence-corrected chi connectivity index (χ2v) is 5.54. The van der Waals surface area contributed by atoms with Crippen LogP contribution in [-0.4, -0.2) is 18.5 Å². The molecule has 94 valence electrons. The fraction of sp³-hybridized carbons (Fsp3) is 0. The van der Waals surface area contributed by atoms with Crippen LogP contribution in [0.5, 0.6) is 5.75 Å². The summed E-state index contributed by atoms with van der Waals surface area (Å²) in [5.41, 5.74) is 0.350. The molecule has 0 unspecified atom stereocenters. The molecule has 0 saturated heterocycles. The van der Waals surface area contributed by atoms with Crippen LogP contribution in [0, 0.1) is 0 Å². The smallest absolute Gasteiger partial charge is 0.263 e. The van der Waals surface area contributed by atoms with E-state index in [0.29, 0.717) is 5.69 Å². The zero-order valence-corrected chi connectivity index (χ0v) is 10.6. The van der Waals surface area contributed by atoms with E-state index in [1.807, 2.05) is 0 Å². The van der Waals surface area contributed by atoms with Crippen LogP contribution < -0.4 is 4.72 Å². The number of aromatic nitrogens is 1. The van der Waals surface area contributed by atoms with Gasteiger partial charge < -0.3 is 5.11 Å². The Labute approximate surface area is 109 Å². The van der Waals surface area contributed by atoms with Crippen molar-refractivity contribution in [3.8, 4) is 5.75 Å². The lowest BCUT2D eigenvalue weighted by Crippen LogP contribution is -2.12. The third-order valence-corrected chi connectivity index (χ3v) is 3.72. The molecule has 0 radical (unpaired) electrons. The van der Waals surface area contributed by atoms with Crippen molar-refractivity contribution in [1.29, 1.82) is 0 Å². The summed E-state index contributed by atoms with van der Waals surface area (Å²) in [4.78, 5) is 3.72. The summed E-state index contributed by atoms with van der Waals surface area (Å²) < 4.78 is 26.2. The van der Waals surface area contributed by atoms with Crippen LogP contribution in [0.1, 0.15) is 0 Å². The van der Waals surface area contributed by atoms with Gasteiger partial charge in [0, 0.05) is 11.9 Å². The maximum Gasteiger partial charge on any atom is 0.263 e. The second-order valence-electron chi connectivity index (χ2n) is 3.47. The van der Waals surface area contributed by atoms with Crippen molar-refractivity contribution in [2.75, 3.05) is 4.72 Å². The minimum absolute atomic E-state index is 0.0139. The monoisotopic (exact) mass is 284 g/mol. The standard InChI is InChI=1S/C11H9ClN2O3S/c12-11-6-5-10(7-13-11)18(16,17)14-8-1-3-9(15)4-2-8/h1-7,14-15H. The number of nitrogens with zero attached hydrogens (tertiary/aromatic N) is 1. The quantitative estimate of drug-likeness (QED) is 0.669. The molecule has 18 heavy (non-hydrogen) atoms.